The van der Waals surface area contributed by atoms with Crippen molar-refractivity contribution >= 4 is 17.0 Å². The maximum absolute atomic E-state index is 5.55. The first-order valence-corrected chi connectivity index (χ1v) is 10.5. The summed E-state index contributed by atoms with van der Waals surface area (Å²) in [7, 11) is 4.85. The smallest absolute Gasteiger partial charge is 0.203 e. The number of hydrazone groups is 1. The highest BCUT2D eigenvalue weighted by Gasteiger charge is 2.18. The van der Waals surface area contributed by atoms with E-state index in [2.05, 4.69) is 57.5 Å². The van der Waals surface area contributed by atoms with E-state index >= 15 is 0 Å². The fraction of sp³-hybridized carbons (Fsp3) is 0.320. The third kappa shape index (κ3) is 4.59. The van der Waals surface area contributed by atoms with E-state index in [1.165, 1.54) is 16.3 Å². The zero-order chi connectivity index (χ0) is 21.6. The van der Waals surface area contributed by atoms with Crippen LogP contribution in [0.1, 0.15) is 11.1 Å². The summed E-state index contributed by atoms with van der Waals surface area (Å²) in [6.45, 7) is 4.68. The van der Waals surface area contributed by atoms with E-state index < -0.39 is 0 Å². The molecule has 0 spiro atoms. The molecule has 0 aliphatic carbocycles. The molecule has 0 unspecified atom stereocenters. The number of hydrogen-bond donors (Lipinski definition) is 0. The molecular formula is C25H29N3O3. The fourth-order valence-corrected chi connectivity index (χ4v) is 4.05. The topological polar surface area (TPSA) is 46.5 Å². The highest BCUT2D eigenvalue weighted by molar-refractivity contribution is 5.86. The van der Waals surface area contributed by atoms with Gasteiger partial charge in [-0.1, -0.05) is 42.5 Å². The third-order valence-corrected chi connectivity index (χ3v) is 5.72. The second-order valence-electron chi connectivity index (χ2n) is 7.54. The standard InChI is InChI=1S/C25H29N3O3/c1-29-23-12-11-20(24(30-2)25(23)31-3)17-26-28-15-13-27(14-16-28)18-21-9-6-8-19-7-4-5-10-22(19)21/h4-12,17H,13-16,18H2,1-3H3/b26-17-. The first-order chi connectivity index (χ1) is 15.2. The number of methoxy groups -OCH3 is 3. The van der Waals surface area contributed by atoms with Gasteiger partial charge >= 0.3 is 0 Å². The Hall–Kier alpha value is -3.25. The Morgan fingerprint density at radius 1 is 0.806 bits per heavy atom. The normalized spacial score (nSPS) is 14.9. The van der Waals surface area contributed by atoms with Crippen molar-refractivity contribution in [2.75, 3.05) is 47.5 Å². The molecule has 1 fully saturated rings. The second kappa shape index (κ2) is 9.71. The van der Waals surface area contributed by atoms with Crippen LogP contribution in [0.15, 0.2) is 59.7 Å². The Bertz CT molecular complexity index is 1050. The Labute approximate surface area is 183 Å². The van der Waals surface area contributed by atoms with Crippen molar-refractivity contribution in [3.8, 4) is 17.2 Å². The molecule has 1 heterocycles. The van der Waals surface area contributed by atoms with E-state index in [9.17, 15) is 0 Å². The van der Waals surface area contributed by atoms with Gasteiger partial charge in [-0.3, -0.25) is 9.91 Å². The van der Waals surface area contributed by atoms with Crippen LogP contribution in [0.3, 0.4) is 0 Å². The van der Waals surface area contributed by atoms with Gasteiger partial charge in [0, 0.05) is 38.3 Å². The van der Waals surface area contributed by atoms with Gasteiger partial charge in [0.15, 0.2) is 11.5 Å². The lowest BCUT2D eigenvalue weighted by atomic mass is 10.0. The van der Waals surface area contributed by atoms with Crippen molar-refractivity contribution in [1.29, 1.82) is 0 Å². The van der Waals surface area contributed by atoms with Crippen molar-refractivity contribution in [1.82, 2.24) is 9.91 Å². The van der Waals surface area contributed by atoms with Crippen molar-refractivity contribution in [3.63, 3.8) is 0 Å². The zero-order valence-electron chi connectivity index (χ0n) is 18.4. The number of ether oxygens (including phenoxy) is 3. The monoisotopic (exact) mass is 419 g/mol. The molecule has 0 bridgehead atoms. The van der Waals surface area contributed by atoms with Gasteiger partial charge in [0.25, 0.3) is 0 Å². The van der Waals surface area contributed by atoms with Crippen LogP contribution in [0.25, 0.3) is 10.8 Å². The van der Waals surface area contributed by atoms with Gasteiger partial charge in [-0.2, -0.15) is 5.10 Å². The molecule has 162 valence electrons. The molecule has 0 N–H and O–H groups in total. The minimum Gasteiger partial charge on any atom is -0.493 e. The van der Waals surface area contributed by atoms with Gasteiger partial charge in [-0.05, 0) is 28.5 Å². The summed E-state index contributed by atoms with van der Waals surface area (Å²) in [5, 5.41) is 9.43. The quantitative estimate of drug-likeness (QED) is 0.542. The van der Waals surface area contributed by atoms with Gasteiger partial charge in [0.2, 0.25) is 5.75 Å². The van der Waals surface area contributed by atoms with E-state index in [1.807, 2.05) is 18.3 Å². The Kier molecular flexibility index (Phi) is 6.57. The number of benzene rings is 3. The van der Waals surface area contributed by atoms with Crippen LogP contribution in [-0.2, 0) is 6.54 Å². The van der Waals surface area contributed by atoms with Crippen LogP contribution in [0.5, 0.6) is 17.2 Å². The molecule has 1 aliphatic rings. The number of piperazine rings is 1. The maximum atomic E-state index is 5.55. The van der Waals surface area contributed by atoms with Gasteiger partial charge in [-0.25, -0.2) is 0 Å². The number of nitrogens with zero attached hydrogens (tertiary/aromatic N) is 3. The number of rotatable bonds is 7. The van der Waals surface area contributed by atoms with Gasteiger partial charge in [0.1, 0.15) is 0 Å². The van der Waals surface area contributed by atoms with Crippen molar-refractivity contribution < 1.29 is 14.2 Å². The molecule has 0 atom stereocenters. The lowest BCUT2D eigenvalue weighted by Gasteiger charge is -2.33. The first-order valence-electron chi connectivity index (χ1n) is 10.5. The molecule has 0 aromatic heterocycles. The zero-order valence-corrected chi connectivity index (χ0v) is 18.4. The average Bonchev–Trinajstić information content (AvgIpc) is 2.83. The molecular weight excluding hydrogens is 390 g/mol. The van der Waals surface area contributed by atoms with Gasteiger partial charge in [-0.15, -0.1) is 0 Å². The summed E-state index contributed by atoms with van der Waals surface area (Å²) in [5.41, 5.74) is 2.24. The van der Waals surface area contributed by atoms with E-state index in [-0.39, 0.29) is 0 Å². The Morgan fingerprint density at radius 2 is 1.55 bits per heavy atom. The Morgan fingerprint density at radius 3 is 2.29 bits per heavy atom. The summed E-state index contributed by atoms with van der Waals surface area (Å²) in [4.78, 5) is 2.49. The number of hydrogen-bond acceptors (Lipinski definition) is 6. The summed E-state index contributed by atoms with van der Waals surface area (Å²) >= 11 is 0. The first kappa shape index (κ1) is 21.0. The summed E-state index contributed by atoms with van der Waals surface area (Å²) in [6, 6.07) is 18.9. The van der Waals surface area contributed by atoms with Gasteiger partial charge in [0.05, 0.1) is 27.5 Å². The molecule has 6 nitrogen and oxygen atoms in total. The SMILES string of the molecule is COc1ccc(/C=N\N2CCN(Cc3cccc4ccccc34)CC2)c(OC)c1OC. The maximum Gasteiger partial charge on any atom is 0.203 e. The van der Waals surface area contributed by atoms with E-state index in [1.54, 1.807) is 21.3 Å². The predicted octanol–water partition coefficient (Wildman–Crippen LogP) is 4.02. The van der Waals surface area contributed by atoms with Crippen LogP contribution in [0.4, 0.5) is 0 Å². The van der Waals surface area contributed by atoms with Crippen LogP contribution < -0.4 is 14.2 Å². The van der Waals surface area contributed by atoms with Crippen LogP contribution >= 0.6 is 0 Å². The minimum atomic E-state index is 0.578. The van der Waals surface area contributed by atoms with Crippen molar-refractivity contribution in [2.24, 2.45) is 5.10 Å². The lowest BCUT2D eigenvalue weighted by molar-refractivity contribution is 0.131. The second-order valence-corrected chi connectivity index (χ2v) is 7.54. The molecule has 0 amide bonds. The molecule has 1 aliphatic heterocycles. The highest BCUT2D eigenvalue weighted by atomic mass is 16.5. The fourth-order valence-electron chi connectivity index (χ4n) is 4.05. The molecule has 1 saturated heterocycles. The molecule has 0 radical (unpaired) electrons. The molecule has 0 saturated carbocycles. The molecule has 6 heteroatoms. The molecule has 3 aromatic carbocycles. The van der Waals surface area contributed by atoms with Gasteiger partial charge < -0.3 is 14.2 Å². The summed E-state index contributed by atoms with van der Waals surface area (Å²) in [5.74, 6) is 1.84. The van der Waals surface area contributed by atoms with Crippen molar-refractivity contribution in [2.45, 2.75) is 6.54 Å². The lowest BCUT2D eigenvalue weighted by Crippen LogP contribution is -2.43. The summed E-state index contributed by atoms with van der Waals surface area (Å²) in [6.07, 6.45) is 1.83. The van der Waals surface area contributed by atoms with Crippen LogP contribution in [-0.4, -0.2) is 63.6 Å². The molecule has 4 rings (SSSR count). The van der Waals surface area contributed by atoms with E-state index in [4.69, 9.17) is 14.2 Å². The third-order valence-electron chi connectivity index (χ3n) is 5.72. The highest BCUT2D eigenvalue weighted by Crippen LogP contribution is 2.39. The molecule has 31 heavy (non-hydrogen) atoms. The minimum absolute atomic E-state index is 0.578. The largest absolute Gasteiger partial charge is 0.493 e. The van der Waals surface area contributed by atoms with Crippen molar-refractivity contribution in [3.05, 3.63) is 65.7 Å². The summed E-state index contributed by atoms with van der Waals surface area (Å²) < 4.78 is 16.4. The van der Waals surface area contributed by atoms with Crippen LogP contribution in [0, 0.1) is 0 Å². The van der Waals surface area contributed by atoms with E-state index in [0.717, 1.165) is 38.3 Å². The predicted molar refractivity (Wildman–Crippen MR) is 124 cm³/mol. The Balaban J connectivity index is 1.40. The van der Waals surface area contributed by atoms with E-state index in [0.29, 0.717) is 17.2 Å². The molecule has 3 aromatic rings. The van der Waals surface area contributed by atoms with Crippen LogP contribution in [0.2, 0.25) is 0 Å². The average molecular weight is 420 g/mol. The number of fused-ring (bicyclic) bond motifs is 1.